The summed E-state index contributed by atoms with van der Waals surface area (Å²) < 4.78 is 2.49. The molecule has 38 heavy (non-hydrogen) atoms. The average Bonchev–Trinajstić information content (AvgIpc) is 2.93. The first kappa shape index (κ1) is 27.1. The second kappa shape index (κ2) is 13.0. The molecule has 0 bridgehead atoms. The van der Waals surface area contributed by atoms with Crippen molar-refractivity contribution in [1.82, 2.24) is 19.8 Å². The lowest BCUT2D eigenvalue weighted by atomic mass is 9.97. The minimum Gasteiger partial charge on any atom is -0.354 e. The van der Waals surface area contributed by atoms with E-state index in [4.69, 9.17) is 0 Å². The Bertz CT molecular complexity index is 1430. The van der Waals surface area contributed by atoms with E-state index in [1.54, 1.807) is 24.3 Å². The Morgan fingerprint density at radius 2 is 1.71 bits per heavy atom. The van der Waals surface area contributed by atoms with Gasteiger partial charge in [0.05, 0.1) is 10.9 Å². The van der Waals surface area contributed by atoms with Crippen molar-refractivity contribution < 1.29 is 9.59 Å². The van der Waals surface area contributed by atoms with Crippen LogP contribution in [0.3, 0.4) is 0 Å². The fourth-order valence-corrected chi connectivity index (χ4v) is 4.81. The van der Waals surface area contributed by atoms with E-state index in [0.717, 1.165) is 35.0 Å². The van der Waals surface area contributed by atoms with Crippen molar-refractivity contribution in [2.75, 3.05) is 6.54 Å². The van der Waals surface area contributed by atoms with Gasteiger partial charge >= 0.3 is 5.69 Å². The fourth-order valence-electron chi connectivity index (χ4n) is 4.81. The lowest BCUT2D eigenvalue weighted by Gasteiger charge is -2.15. The molecular weight excluding hydrogens is 480 g/mol. The Balaban J connectivity index is 1.39. The molecule has 2 aromatic carbocycles. The molecule has 0 saturated carbocycles. The zero-order chi connectivity index (χ0) is 26.9. The number of hydrogen-bond acceptors (Lipinski definition) is 4. The number of nitrogens with zero attached hydrogens (tertiary/aromatic N) is 2. The number of allylic oxidation sites excluding steroid dienone is 1. The number of carbonyl (C=O) groups is 2. The zero-order valence-corrected chi connectivity index (χ0v) is 22.0. The van der Waals surface area contributed by atoms with Crippen LogP contribution in [0.2, 0.25) is 0 Å². The van der Waals surface area contributed by atoms with Gasteiger partial charge in [-0.05, 0) is 63.1 Å². The third-order valence-electron chi connectivity index (χ3n) is 6.98. The third-order valence-corrected chi connectivity index (χ3v) is 6.98. The van der Waals surface area contributed by atoms with Gasteiger partial charge in [0, 0.05) is 26.1 Å². The molecule has 4 rings (SSSR count). The first-order chi connectivity index (χ1) is 18.4. The van der Waals surface area contributed by atoms with Gasteiger partial charge in [0.2, 0.25) is 11.8 Å². The summed E-state index contributed by atoms with van der Waals surface area (Å²) in [4.78, 5) is 51.5. The molecule has 0 atom stereocenters. The van der Waals surface area contributed by atoms with E-state index >= 15 is 0 Å². The maximum atomic E-state index is 13.3. The Kier molecular flexibility index (Phi) is 9.30. The van der Waals surface area contributed by atoms with Gasteiger partial charge < -0.3 is 10.6 Å². The molecule has 0 spiro atoms. The standard InChI is InChI=1S/C30H36N4O4/c1-22-13-15-24(16-14-22)20-32-27(35)12-7-19-33-29(37)25-10-5-6-11-26(25)34(30(33)38)21-28(36)31-18-17-23-8-3-2-4-9-23/h5-6,8,10-11,13-16H,2-4,7,9,12,17-21H2,1H3,(H,31,36)(H,32,35). The molecule has 0 aliphatic heterocycles. The van der Waals surface area contributed by atoms with Crippen molar-refractivity contribution in [2.45, 2.75) is 71.5 Å². The number of carbonyl (C=O) groups excluding carboxylic acids is 2. The Morgan fingerprint density at radius 3 is 2.47 bits per heavy atom. The number of aryl methyl sites for hydroxylation is 1. The number of aromatic nitrogens is 2. The molecule has 1 heterocycles. The fraction of sp³-hybridized carbons (Fsp3) is 0.400. The molecule has 0 radical (unpaired) electrons. The predicted octanol–water partition coefficient (Wildman–Crippen LogP) is 3.57. The minimum absolute atomic E-state index is 0.0935. The van der Waals surface area contributed by atoms with E-state index in [0.29, 0.717) is 30.4 Å². The van der Waals surface area contributed by atoms with Gasteiger partial charge in [-0.2, -0.15) is 0 Å². The highest BCUT2D eigenvalue weighted by atomic mass is 16.2. The lowest BCUT2D eigenvalue weighted by molar-refractivity contribution is -0.122. The van der Waals surface area contributed by atoms with Crippen LogP contribution in [0.4, 0.5) is 0 Å². The average molecular weight is 517 g/mol. The van der Waals surface area contributed by atoms with Gasteiger partial charge in [-0.3, -0.25) is 23.5 Å². The van der Waals surface area contributed by atoms with Crippen molar-refractivity contribution in [3.8, 4) is 0 Å². The van der Waals surface area contributed by atoms with Gasteiger partial charge in [0.15, 0.2) is 0 Å². The summed E-state index contributed by atoms with van der Waals surface area (Å²) in [5.41, 5.74) is 3.01. The van der Waals surface area contributed by atoms with E-state index in [1.807, 2.05) is 31.2 Å². The lowest BCUT2D eigenvalue weighted by Crippen LogP contribution is -2.43. The molecule has 0 unspecified atom stereocenters. The number of amides is 2. The van der Waals surface area contributed by atoms with Crippen LogP contribution in [0.1, 0.15) is 56.1 Å². The largest absolute Gasteiger partial charge is 0.354 e. The van der Waals surface area contributed by atoms with Crippen molar-refractivity contribution in [2.24, 2.45) is 0 Å². The third kappa shape index (κ3) is 7.09. The molecule has 1 aliphatic rings. The summed E-state index contributed by atoms with van der Waals surface area (Å²) >= 11 is 0. The molecule has 0 fully saturated rings. The normalized spacial score (nSPS) is 13.2. The van der Waals surface area contributed by atoms with Crippen LogP contribution >= 0.6 is 0 Å². The summed E-state index contributed by atoms with van der Waals surface area (Å²) in [5.74, 6) is -0.415. The number of hydrogen-bond donors (Lipinski definition) is 2. The van der Waals surface area contributed by atoms with E-state index < -0.39 is 11.2 Å². The van der Waals surface area contributed by atoms with Gasteiger partial charge in [-0.25, -0.2) is 4.79 Å². The number of nitrogens with one attached hydrogen (secondary N) is 2. The van der Waals surface area contributed by atoms with Crippen LogP contribution in [0.25, 0.3) is 10.9 Å². The maximum Gasteiger partial charge on any atom is 0.331 e. The predicted molar refractivity (Wildman–Crippen MR) is 149 cm³/mol. The van der Waals surface area contributed by atoms with E-state index in [1.165, 1.54) is 23.0 Å². The second-order valence-electron chi connectivity index (χ2n) is 9.92. The quantitative estimate of drug-likeness (QED) is 0.380. The van der Waals surface area contributed by atoms with Crippen molar-refractivity contribution in [1.29, 1.82) is 0 Å². The highest BCUT2D eigenvalue weighted by Gasteiger charge is 2.16. The van der Waals surface area contributed by atoms with E-state index in [2.05, 4.69) is 16.7 Å². The molecule has 1 aromatic heterocycles. The first-order valence-corrected chi connectivity index (χ1v) is 13.4. The van der Waals surface area contributed by atoms with Crippen LogP contribution in [0.5, 0.6) is 0 Å². The molecule has 3 aromatic rings. The van der Waals surface area contributed by atoms with Crippen LogP contribution in [0.15, 0.2) is 69.8 Å². The molecule has 8 heteroatoms. The Hall–Kier alpha value is -3.94. The van der Waals surface area contributed by atoms with Crippen LogP contribution < -0.4 is 21.9 Å². The molecule has 200 valence electrons. The molecule has 2 N–H and O–H groups in total. The van der Waals surface area contributed by atoms with Crippen molar-refractivity contribution in [3.63, 3.8) is 0 Å². The van der Waals surface area contributed by atoms with Gasteiger partial charge in [-0.15, -0.1) is 0 Å². The summed E-state index contributed by atoms with van der Waals surface area (Å²) in [6, 6.07) is 14.7. The highest BCUT2D eigenvalue weighted by molar-refractivity contribution is 5.81. The zero-order valence-electron chi connectivity index (χ0n) is 22.0. The summed E-state index contributed by atoms with van der Waals surface area (Å²) in [5, 5.41) is 6.16. The monoisotopic (exact) mass is 516 g/mol. The number of fused-ring (bicyclic) bond motifs is 1. The van der Waals surface area contributed by atoms with Gasteiger partial charge in [-0.1, -0.05) is 53.6 Å². The van der Waals surface area contributed by atoms with Crippen LogP contribution in [0, 0.1) is 6.92 Å². The Labute approximate surface area is 222 Å². The molecular formula is C30H36N4O4. The van der Waals surface area contributed by atoms with Gasteiger partial charge in [0.25, 0.3) is 5.56 Å². The summed E-state index contributed by atoms with van der Waals surface area (Å²) in [7, 11) is 0. The van der Waals surface area contributed by atoms with Crippen molar-refractivity contribution >= 4 is 22.7 Å². The second-order valence-corrected chi connectivity index (χ2v) is 9.92. The molecule has 1 aliphatic carbocycles. The maximum absolute atomic E-state index is 13.3. The molecule has 2 amide bonds. The van der Waals surface area contributed by atoms with Crippen molar-refractivity contribution in [3.05, 3.63) is 92.1 Å². The molecule has 8 nitrogen and oxygen atoms in total. The highest BCUT2D eigenvalue weighted by Crippen LogP contribution is 2.19. The number of rotatable bonds is 11. The van der Waals surface area contributed by atoms with Crippen LogP contribution in [-0.2, 0) is 29.2 Å². The Morgan fingerprint density at radius 1 is 0.921 bits per heavy atom. The summed E-state index contributed by atoms with van der Waals surface area (Å²) in [6.07, 6.45) is 8.17. The molecule has 0 saturated heterocycles. The van der Waals surface area contributed by atoms with Crippen LogP contribution in [-0.4, -0.2) is 27.5 Å². The van der Waals surface area contributed by atoms with E-state index in [-0.39, 0.29) is 31.3 Å². The smallest absolute Gasteiger partial charge is 0.331 e. The SMILES string of the molecule is Cc1ccc(CNC(=O)CCCn2c(=O)c3ccccc3n(CC(=O)NCCC3=CCCCC3)c2=O)cc1. The first-order valence-electron chi connectivity index (χ1n) is 13.4. The minimum atomic E-state index is -0.543. The topological polar surface area (TPSA) is 102 Å². The van der Waals surface area contributed by atoms with E-state index in [9.17, 15) is 19.2 Å². The van der Waals surface area contributed by atoms with Gasteiger partial charge in [0.1, 0.15) is 6.54 Å². The summed E-state index contributed by atoms with van der Waals surface area (Å²) in [6.45, 7) is 2.88. The number of benzene rings is 2. The number of para-hydroxylation sites is 1.